The third kappa shape index (κ3) is 3.30. The lowest BCUT2D eigenvalue weighted by atomic mass is 9.88. The number of aliphatic hydroxyl groups is 1. The van der Waals surface area contributed by atoms with Crippen LogP contribution in [0.1, 0.15) is 27.2 Å². The van der Waals surface area contributed by atoms with Gasteiger partial charge in [0.1, 0.15) is 5.83 Å². The van der Waals surface area contributed by atoms with Crippen LogP contribution in [0.2, 0.25) is 0 Å². The molecule has 0 aromatic rings. The summed E-state index contributed by atoms with van der Waals surface area (Å²) in [6, 6.07) is 0. The molecule has 0 spiro atoms. The van der Waals surface area contributed by atoms with Gasteiger partial charge in [-0.05, 0) is 31.4 Å². The van der Waals surface area contributed by atoms with Gasteiger partial charge in [0.2, 0.25) is 0 Å². The Morgan fingerprint density at radius 3 is 2.76 bits per heavy atom. The van der Waals surface area contributed by atoms with Crippen molar-refractivity contribution >= 4 is 0 Å². The molecular formula is C13H23FN2O. The minimum atomic E-state index is -0.523. The molecule has 0 aromatic carbocycles. The molecule has 1 aliphatic carbocycles. The fourth-order valence-electron chi connectivity index (χ4n) is 2.27. The molecule has 0 saturated heterocycles. The van der Waals surface area contributed by atoms with Gasteiger partial charge in [0.25, 0.3) is 0 Å². The fraction of sp³-hybridized carbons (Fsp3) is 0.692. The van der Waals surface area contributed by atoms with Crippen molar-refractivity contribution in [2.75, 3.05) is 19.6 Å². The van der Waals surface area contributed by atoms with Crippen molar-refractivity contribution in [2.24, 2.45) is 11.7 Å². The van der Waals surface area contributed by atoms with Crippen molar-refractivity contribution in [1.82, 2.24) is 4.90 Å². The first-order valence-corrected chi connectivity index (χ1v) is 6.24. The Morgan fingerprint density at radius 2 is 2.29 bits per heavy atom. The summed E-state index contributed by atoms with van der Waals surface area (Å²) in [5.41, 5.74) is 7.01. The number of hydrogen-bond donors (Lipinski definition) is 2. The van der Waals surface area contributed by atoms with Gasteiger partial charge in [-0.2, -0.15) is 0 Å². The van der Waals surface area contributed by atoms with Crippen molar-refractivity contribution in [3.05, 3.63) is 23.2 Å². The quantitative estimate of drug-likeness (QED) is 0.773. The summed E-state index contributed by atoms with van der Waals surface area (Å²) in [5.74, 6) is -0.0347. The largest absolute Gasteiger partial charge is 0.389 e. The predicted octanol–water partition coefficient (Wildman–Crippen LogP) is 1.80. The molecule has 0 saturated carbocycles. The zero-order valence-electron chi connectivity index (χ0n) is 10.9. The highest BCUT2D eigenvalue weighted by Crippen LogP contribution is 2.32. The van der Waals surface area contributed by atoms with Crippen LogP contribution in [0.25, 0.3) is 0 Å². The topological polar surface area (TPSA) is 49.5 Å². The van der Waals surface area contributed by atoms with Crippen molar-refractivity contribution in [3.8, 4) is 0 Å². The van der Waals surface area contributed by atoms with Crippen molar-refractivity contribution in [3.63, 3.8) is 0 Å². The number of nitrogens with zero attached hydrogens (tertiary/aromatic N) is 1. The van der Waals surface area contributed by atoms with Crippen LogP contribution in [-0.2, 0) is 0 Å². The normalized spacial score (nSPS) is 22.5. The molecule has 98 valence electrons. The fourth-order valence-corrected chi connectivity index (χ4v) is 2.27. The summed E-state index contributed by atoms with van der Waals surface area (Å²) >= 11 is 0. The zero-order valence-corrected chi connectivity index (χ0v) is 10.9. The maximum Gasteiger partial charge on any atom is 0.124 e. The highest BCUT2D eigenvalue weighted by Gasteiger charge is 2.24. The van der Waals surface area contributed by atoms with E-state index in [1.54, 1.807) is 13.0 Å². The monoisotopic (exact) mass is 242 g/mol. The average Bonchev–Trinajstić information content (AvgIpc) is 2.26. The lowest BCUT2D eigenvalue weighted by molar-refractivity contribution is 0.213. The molecule has 2 unspecified atom stereocenters. The van der Waals surface area contributed by atoms with Gasteiger partial charge in [0.15, 0.2) is 0 Å². The molecule has 1 aliphatic rings. The summed E-state index contributed by atoms with van der Waals surface area (Å²) < 4.78 is 14.0. The second-order valence-corrected chi connectivity index (χ2v) is 4.58. The van der Waals surface area contributed by atoms with Crippen molar-refractivity contribution in [1.29, 1.82) is 0 Å². The second kappa shape index (κ2) is 6.17. The minimum Gasteiger partial charge on any atom is -0.389 e. The smallest absolute Gasteiger partial charge is 0.124 e. The Bertz CT molecular complexity index is 323. The van der Waals surface area contributed by atoms with Gasteiger partial charge in [-0.25, -0.2) is 4.39 Å². The molecular weight excluding hydrogens is 219 g/mol. The molecule has 0 aromatic heterocycles. The van der Waals surface area contributed by atoms with Crippen LogP contribution in [0.4, 0.5) is 4.39 Å². The molecule has 3 nitrogen and oxygen atoms in total. The first kappa shape index (κ1) is 14.2. The van der Waals surface area contributed by atoms with E-state index in [1.807, 2.05) is 18.7 Å². The van der Waals surface area contributed by atoms with Crippen LogP contribution in [0.3, 0.4) is 0 Å². The second-order valence-electron chi connectivity index (χ2n) is 4.58. The first-order valence-electron chi connectivity index (χ1n) is 6.24. The van der Waals surface area contributed by atoms with E-state index in [9.17, 15) is 9.50 Å². The molecule has 3 N–H and O–H groups in total. The summed E-state index contributed by atoms with van der Waals surface area (Å²) in [5, 5.41) is 9.68. The number of rotatable bonds is 5. The highest BCUT2D eigenvalue weighted by atomic mass is 19.1. The first-order chi connectivity index (χ1) is 8.01. The molecule has 0 heterocycles. The number of hydrogen-bond acceptors (Lipinski definition) is 3. The molecule has 4 heteroatoms. The summed E-state index contributed by atoms with van der Waals surface area (Å²) in [6.07, 6.45) is 1.63. The van der Waals surface area contributed by atoms with Crippen molar-refractivity contribution < 1.29 is 9.50 Å². The number of aliphatic hydroxyl groups excluding tert-OH is 1. The van der Waals surface area contributed by atoms with E-state index >= 15 is 0 Å². The van der Waals surface area contributed by atoms with Gasteiger partial charge < -0.3 is 15.7 Å². The molecule has 2 atom stereocenters. The predicted molar refractivity (Wildman–Crippen MR) is 68.0 cm³/mol. The SMILES string of the molecule is CCN(CCN)C1=C(F)CC(C)C(C(C)O)=C1. The molecule has 0 bridgehead atoms. The Morgan fingerprint density at radius 1 is 1.65 bits per heavy atom. The van der Waals surface area contributed by atoms with Gasteiger partial charge >= 0.3 is 0 Å². The number of allylic oxidation sites excluding steroid dienone is 2. The maximum atomic E-state index is 14.0. The minimum absolute atomic E-state index is 0.0651. The van der Waals surface area contributed by atoms with Crippen LogP contribution in [0.5, 0.6) is 0 Å². The van der Waals surface area contributed by atoms with E-state index < -0.39 is 6.10 Å². The van der Waals surface area contributed by atoms with E-state index in [1.165, 1.54) is 0 Å². The number of halogens is 1. The highest BCUT2D eigenvalue weighted by molar-refractivity contribution is 5.33. The van der Waals surface area contributed by atoms with Crippen LogP contribution in [-0.4, -0.2) is 35.7 Å². The number of likely N-dealkylation sites (N-methyl/N-ethyl adjacent to an activating group) is 1. The molecule has 0 amide bonds. The van der Waals surface area contributed by atoms with E-state index in [-0.39, 0.29) is 11.7 Å². The Hall–Kier alpha value is -0.870. The van der Waals surface area contributed by atoms with Crippen LogP contribution in [0.15, 0.2) is 23.2 Å². The van der Waals surface area contributed by atoms with E-state index in [0.717, 1.165) is 12.1 Å². The molecule has 0 aliphatic heterocycles. The van der Waals surface area contributed by atoms with Gasteiger partial charge in [0, 0.05) is 26.1 Å². The van der Waals surface area contributed by atoms with Gasteiger partial charge in [-0.3, -0.25) is 0 Å². The molecule has 0 radical (unpaired) electrons. The van der Waals surface area contributed by atoms with Gasteiger partial charge in [-0.1, -0.05) is 6.92 Å². The maximum absolute atomic E-state index is 14.0. The Labute approximate surface area is 103 Å². The van der Waals surface area contributed by atoms with E-state index in [0.29, 0.717) is 25.2 Å². The number of nitrogens with two attached hydrogens (primary N) is 1. The van der Waals surface area contributed by atoms with Gasteiger partial charge in [0.05, 0.1) is 11.8 Å². The average molecular weight is 242 g/mol. The molecule has 0 fully saturated rings. The third-order valence-corrected chi connectivity index (χ3v) is 3.24. The third-order valence-electron chi connectivity index (χ3n) is 3.24. The van der Waals surface area contributed by atoms with Crippen LogP contribution < -0.4 is 5.73 Å². The summed E-state index contributed by atoms with van der Waals surface area (Å²) in [6.45, 7) is 7.49. The standard InChI is InChI=1S/C13H23FN2O/c1-4-16(6-5-15)13-8-11(10(3)17)9(2)7-12(13)14/h8-10,17H,4-7,15H2,1-3H3. The Kier molecular flexibility index (Phi) is 5.15. The summed E-state index contributed by atoms with van der Waals surface area (Å²) in [7, 11) is 0. The molecule has 17 heavy (non-hydrogen) atoms. The zero-order chi connectivity index (χ0) is 13.0. The van der Waals surface area contributed by atoms with Crippen LogP contribution >= 0.6 is 0 Å². The lowest BCUT2D eigenvalue weighted by Crippen LogP contribution is -2.31. The summed E-state index contributed by atoms with van der Waals surface area (Å²) in [4.78, 5) is 1.92. The van der Waals surface area contributed by atoms with Gasteiger partial charge in [-0.15, -0.1) is 0 Å². The van der Waals surface area contributed by atoms with Crippen molar-refractivity contribution in [2.45, 2.75) is 33.3 Å². The molecule has 1 rings (SSSR count). The van der Waals surface area contributed by atoms with E-state index in [2.05, 4.69) is 0 Å². The lowest BCUT2D eigenvalue weighted by Gasteiger charge is -2.30. The Balaban J connectivity index is 3.00. The van der Waals surface area contributed by atoms with E-state index in [4.69, 9.17) is 5.73 Å². The van der Waals surface area contributed by atoms with Crippen LogP contribution in [0, 0.1) is 5.92 Å².